The Labute approximate surface area is 160 Å². The Kier molecular flexibility index (Phi) is 5.88. The number of aromatic amines is 2. The molecule has 0 amide bonds. The van der Waals surface area contributed by atoms with Crippen molar-refractivity contribution >= 4 is 32.7 Å². The van der Waals surface area contributed by atoms with Gasteiger partial charge in [-0.1, -0.05) is 6.92 Å². The van der Waals surface area contributed by atoms with Crippen molar-refractivity contribution in [2.24, 2.45) is 0 Å². The lowest BCUT2D eigenvalue weighted by Gasteiger charge is -2.15. The van der Waals surface area contributed by atoms with Crippen LogP contribution in [0.3, 0.4) is 0 Å². The number of rotatable bonds is 8. The molecular weight excluding hydrogens is 398 g/mol. The first kappa shape index (κ1) is 18.4. The summed E-state index contributed by atoms with van der Waals surface area (Å²) in [6.07, 6.45) is 0.936. The maximum absolute atomic E-state index is 11.4. The zero-order valence-corrected chi connectivity index (χ0v) is 16.4. The summed E-state index contributed by atoms with van der Waals surface area (Å²) >= 11 is 3.58. The Balaban J connectivity index is 1.78. The number of anilines is 1. The molecule has 3 N–H and O–H groups in total. The third-order valence-electron chi connectivity index (χ3n) is 3.83. The van der Waals surface area contributed by atoms with Crippen molar-refractivity contribution in [3.8, 4) is 11.5 Å². The second kappa shape index (κ2) is 8.31. The average molecular weight is 420 g/mol. The van der Waals surface area contributed by atoms with E-state index in [2.05, 4.69) is 38.1 Å². The highest BCUT2D eigenvalue weighted by Gasteiger charge is 2.12. The van der Waals surface area contributed by atoms with Crippen molar-refractivity contribution < 1.29 is 9.47 Å². The molecule has 2 aromatic carbocycles. The molecule has 0 spiro atoms. The third kappa shape index (κ3) is 4.22. The molecule has 0 aliphatic carbocycles. The van der Waals surface area contributed by atoms with E-state index in [1.807, 2.05) is 37.3 Å². The second-order valence-electron chi connectivity index (χ2n) is 5.88. The fourth-order valence-electron chi connectivity index (χ4n) is 2.68. The summed E-state index contributed by atoms with van der Waals surface area (Å²) in [5.74, 6) is 1.47. The number of nitrogens with one attached hydrogen (secondary N) is 3. The Morgan fingerprint density at radius 2 is 1.88 bits per heavy atom. The molecule has 138 valence electrons. The van der Waals surface area contributed by atoms with Crippen LogP contribution in [0.15, 0.2) is 39.6 Å². The van der Waals surface area contributed by atoms with Gasteiger partial charge >= 0.3 is 5.69 Å². The van der Waals surface area contributed by atoms with Crippen LogP contribution in [-0.2, 0) is 6.54 Å². The van der Waals surface area contributed by atoms with Crippen molar-refractivity contribution in [1.29, 1.82) is 0 Å². The number of hydrogen-bond acceptors (Lipinski definition) is 4. The summed E-state index contributed by atoms with van der Waals surface area (Å²) in [6.45, 7) is 5.86. The van der Waals surface area contributed by atoms with Gasteiger partial charge in [0.2, 0.25) is 0 Å². The maximum Gasteiger partial charge on any atom is 0.323 e. The zero-order valence-electron chi connectivity index (χ0n) is 14.8. The molecule has 1 aromatic heterocycles. The number of benzene rings is 2. The Bertz CT molecular complexity index is 949. The van der Waals surface area contributed by atoms with E-state index >= 15 is 0 Å². The lowest BCUT2D eigenvalue weighted by Crippen LogP contribution is -2.04. The number of halogens is 1. The van der Waals surface area contributed by atoms with E-state index in [-0.39, 0.29) is 5.69 Å². The van der Waals surface area contributed by atoms with Crippen LogP contribution in [0.5, 0.6) is 11.5 Å². The molecule has 6 nitrogen and oxygen atoms in total. The van der Waals surface area contributed by atoms with Crippen molar-refractivity contribution in [3.63, 3.8) is 0 Å². The molecule has 0 saturated heterocycles. The normalized spacial score (nSPS) is 10.9. The van der Waals surface area contributed by atoms with Crippen LogP contribution in [-0.4, -0.2) is 23.2 Å². The number of imidazole rings is 1. The largest absolute Gasteiger partial charge is 0.490 e. The predicted molar refractivity (Wildman–Crippen MR) is 107 cm³/mol. The van der Waals surface area contributed by atoms with Gasteiger partial charge in [-0.3, -0.25) is 0 Å². The molecule has 0 unspecified atom stereocenters. The molecule has 7 heteroatoms. The van der Waals surface area contributed by atoms with E-state index in [1.165, 1.54) is 0 Å². The van der Waals surface area contributed by atoms with Gasteiger partial charge in [0.15, 0.2) is 11.5 Å². The molecule has 26 heavy (non-hydrogen) atoms. The summed E-state index contributed by atoms with van der Waals surface area (Å²) in [5, 5.41) is 3.37. The van der Waals surface area contributed by atoms with Crippen LogP contribution in [0.1, 0.15) is 25.8 Å². The van der Waals surface area contributed by atoms with Crippen molar-refractivity contribution in [1.82, 2.24) is 9.97 Å². The minimum atomic E-state index is -0.204. The topological polar surface area (TPSA) is 79.1 Å². The van der Waals surface area contributed by atoms with Crippen LogP contribution in [0, 0.1) is 0 Å². The van der Waals surface area contributed by atoms with Gasteiger partial charge in [-0.05, 0) is 65.2 Å². The minimum absolute atomic E-state index is 0.204. The Morgan fingerprint density at radius 1 is 1.08 bits per heavy atom. The van der Waals surface area contributed by atoms with Crippen LogP contribution in [0.2, 0.25) is 0 Å². The van der Waals surface area contributed by atoms with Crippen LogP contribution in [0.25, 0.3) is 11.0 Å². The smallest absolute Gasteiger partial charge is 0.323 e. The maximum atomic E-state index is 11.4. The van der Waals surface area contributed by atoms with Gasteiger partial charge in [-0.15, -0.1) is 0 Å². The molecule has 0 fully saturated rings. The van der Waals surface area contributed by atoms with Gasteiger partial charge in [-0.25, -0.2) is 4.79 Å². The molecule has 0 aliphatic heterocycles. The molecule has 0 atom stereocenters. The van der Waals surface area contributed by atoms with E-state index in [9.17, 15) is 4.79 Å². The van der Waals surface area contributed by atoms with Crippen LogP contribution in [0.4, 0.5) is 5.69 Å². The monoisotopic (exact) mass is 419 g/mol. The molecule has 0 bridgehead atoms. The van der Waals surface area contributed by atoms with E-state index in [0.29, 0.717) is 19.8 Å². The summed E-state index contributed by atoms with van der Waals surface area (Å²) in [6, 6.07) is 9.73. The standard InChI is InChI=1S/C19H22BrN3O3/c1-3-7-26-18-14(20)8-12(9-17(18)25-4-2)11-21-13-5-6-15-16(10-13)23-19(24)22-15/h5-6,8-10,21H,3-4,7,11H2,1-2H3,(H2,22,23,24). The van der Waals surface area contributed by atoms with Gasteiger partial charge in [0, 0.05) is 12.2 Å². The third-order valence-corrected chi connectivity index (χ3v) is 4.42. The molecular formula is C19H22BrN3O3. The molecule has 3 aromatic rings. The summed E-state index contributed by atoms with van der Waals surface area (Å²) in [7, 11) is 0. The van der Waals surface area contributed by atoms with Crippen molar-refractivity contribution in [2.45, 2.75) is 26.8 Å². The lowest BCUT2D eigenvalue weighted by atomic mass is 10.2. The first-order valence-corrected chi connectivity index (χ1v) is 9.44. The number of H-pyrrole nitrogens is 2. The second-order valence-corrected chi connectivity index (χ2v) is 6.73. The first-order chi connectivity index (χ1) is 12.6. The van der Waals surface area contributed by atoms with Gasteiger partial charge in [0.25, 0.3) is 0 Å². The first-order valence-electron chi connectivity index (χ1n) is 8.64. The molecule has 0 aliphatic rings. The predicted octanol–water partition coefficient (Wildman–Crippen LogP) is 4.42. The molecule has 3 rings (SSSR count). The fourth-order valence-corrected chi connectivity index (χ4v) is 3.28. The van der Waals surface area contributed by atoms with Crippen LogP contribution >= 0.6 is 15.9 Å². The highest BCUT2D eigenvalue weighted by atomic mass is 79.9. The van der Waals surface area contributed by atoms with Gasteiger partial charge in [0.1, 0.15) is 0 Å². The SMILES string of the molecule is CCCOc1c(Br)cc(CNc2ccc3[nH]c(=O)[nH]c3c2)cc1OCC. The van der Waals surface area contributed by atoms with Crippen LogP contribution < -0.4 is 20.5 Å². The van der Waals surface area contributed by atoms with Gasteiger partial charge in [-0.2, -0.15) is 0 Å². The van der Waals surface area contributed by atoms with Crippen molar-refractivity contribution in [3.05, 3.63) is 50.9 Å². The highest BCUT2D eigenvalue weighted by molar-refractivity contribution is 9.10. The zero-order chi connectivity index (χ0) is 18.5. The number of ether oxygens (including phenoxy) is 2. The molecule has 0 saturated carbocycles. The summed E-state index contributed by atoms with van der Waals surface area (Å²) in [4.78, 5) is 16.9. The lowest BCUT2D eigenvalue weighted by molar-refractivity contribution is 0.275. The highest BCUT2D eigenvalue weighted by Crippen LogP contribution is 2.37. The average Bonchev–Trinajstić information content (AvgIpc) is 2.99. The fraction of sp³-hybridized carbons (Fsp3) is 0.316. The van der Waals surface area contributed by atoms with E-state index in [4.69, 9.17) is 9.47 Å². The molecule has 1 heterocycles. The van der Waals surface area contributed by atoms with E-state index < -0.39 is 0 Å². The van der Waals surface area contributed by atoms with Gasteiger partial charge in [0.05, 0.1) is 28.7 Å². The number of aromatic nitrogens is 2. The number of fused-ring (bicyclic) bond motifs is 1. The number of hydrogen-bond donors (Lipinski definition) is 3. The Morgan fingerprint density at radius 3 is 2.65 bits per heavy atom. The Hall–Kier alpha value is -2.41. The van der Waals surface area contributed by atoms with E-state index in [1.54, 1.807) is 0 Å². The minimum Gasteiger partial charge on any atom is -0.490 e. The van der Waals surface area contributed by atoms with Crippen molar-refractivity contribution in [2.75, 3.05) is 18.5 Å². The summed E-state index contributed by atoms with van der Waals surface area (Å²) in [5.41, 5.74) is 3.35. The molecule has 0 radical (unpaired) electrons. The van der Waals surface area contributed by atoms with E-state index in [0.717, 1.165) is 44.7 Å². The quantitative estimate of drug-likeness (QED) is 0.504. The summed E-state index contributed by atoms with van der Waals surface area (Å²) < 4.78 is 12.4. The van der Waals surface area contributed by atoms with Gasteiger partial charge < -0.3 is 24.8 Å².